The summed E-state index contributed by atoms with van der Waals surface area (Å²) >= 11 is 0. The minimum Gasteiger partial charge on any atom is -0.465 e. The van der Waals surface area contributed by atoms with E-state index >= 15 is 0 Å². The van der Waals surface area contributed by atoms with E-state index in [2.05, 4.69) is 26.1 Å². The minimum atomic E-state index is -0.799. The van der Waals surface area contributed by atoms with Crippen molar-refractivity contribution in [1.82, 2.24) is 10.2 Å². The number of likely N-dealkylation sites (tertiary alicyclic amines) is 1. The Bertz CT molecular complexity index is 330. The summed E-state index contributed by atoms with van der Waals surface area (Å²) in [7, 11) is 0. The standard InChI is InChI=1S/C14H26N2O3/c1-13(2,3)11-8-16(12(17)18)6-4-14(11)9-15-5-7-19-10-14/h11,15H,4-10H2,1-3H3,(H,17,18). The molecule has 5 nitrogen and oxygen atoms in total. The van der Waals surface area contributed by atoms with E-state index in [9.17, 15) is 9.90 Å². The predicted octanol–water partition coefficient (Wildman–Crippen LogP) is 1.64. The van der Waals surface area contributed by atoms with Crippen molar-refractivity contribution >= 4 is 6.09 Å². The van der Waals surface area contributed by atoms with Gasteiger partial charge in [-0.2, -0.15) is 0 Å². The van der Waals surface area contributed by atoms with E-state index in [1.165, 1.54) is 0 Å². The van der Waals surface area contributed by atoms with Crippen molar-refractivity contribution in [2.24, 2.45) is 16.7 Å². The number of rotatable bonds is 0. The van der Waals surface area contributed by atoms with Gasteiger partial charge >= 0.3 is 6.09 Å². The molecule has 0 radical (unpaired) electrons. The first-order valence-electron chi connectivity index (χ1n) is 7.11. The average molecular weight is 270 g/mol. The van der Waals surface area contributed by atoms with Crippen LogP contribution in [0.5, 0.6) is 0 Å². The maximum Gasteiger partial charge on any atom is 0.407 e. The van der Waals surface area contributed by atoms with E-state index in [1.54, 1.807) is 4.90 Å². The lowest BCUT2D eigenvalue weighted by molar-refractivity contribution is -0.0615. The molecule has 110 valence electrons. The molecule has 5 heteroatoms. The molecule has 2 atom stereocenters. The molecule has 0 bridgehead atoms. The predicted molar refractivity (Wildman–Crippen MR) is 73.3 cm³/mol. The van der Waals surface area contributed by atoms with E-state index in [-0.39, 0.29) is 10.8 Å². The number of piperidine rings is 1. The lowest BCUT2D eigenvalue weighted by Gasteiger charge is -2.51. The summed E-state index contributed by atoms with van der Waals surface area (Å²) in [6.07, 6.45) is 0.0837. The molecular formula is C14H26N2O3. The Balaban J connectivity index is 2.23. The fourth-order valence-electron chi connectivity index (χ4n) is 3.60. The molecule has 2 aliphatic rings. The van der Waals surface area contributed by atoms with Crippen LogP contribution in [0.15, 0.2) is 0 Å². The number of hydrogen-bond acceptors (Lipinski definition) is 3. The molecule has 2 N–H and O–H groups in total. The summed E-state index contributed by atoms with van der Waals surface area (Å²) in [5, 5.41) is 12.7. The largest absolute Gasteiger partial charge is 0.465 e. The molecular weight excluding hydrogens is 244 g/mol. The fourth-order valence-corrected chi connectivity index (χ4v) is 3.60. The van der Waals surface area contributed by atoms with Gasteiger partial charge in [-0.25, -0.2) is 4.79 Å². The van der Waals surface area contributed by atoms with Gasteiger partial charge in [0.05, 0.1) is 13.2 Å². The first-order valence-corrected chi connectivity index (χ1v) is 7.11. The molecule has 2 rings (SSSR count). The van der Waals surface area contributed by atoms with Crippen LogP contribution in [0, 0.1) is 16.7 Å². The highest BCUT2D eigenvalue weighted by molar-refractivity contribution is 5.65. The molecule has 0 aromatic rings. The van der Waals surface area contributed by atoms with Crippen molar-refractivity contribution in [3.63, 3.8) is 0 Å². The van der Waals surface area contributed by atoms with Crippen LogP contribution in [0.25, 0.3) is 0 Å². The Morgan fingerprint density at radius 1 is 1.47 bits per heavy atom. The molecule has 1 spiro atoms. The lowest BCUT2D eigenvalue weighted by Crippen LogP contribution is -2.57. The molecule has 0 saturated carbocycles. The lowest BCUT2D eigenvalue weighted by atomic mass is 9.60. The Morgan fingerprint density at radius 2 is 2.21 bits per heavy atom. The van der Waals surface area contributed by atoms with E-state index in [0.717, 1.165) is 32.7 Å². The van der Waals surface area contributed by atoms with Gasteiger partial charge in [-0.3, -0.25) is 0 Å². The van der Waals surface area contributed by atoms with Crippen LogP contribution in [-0.2, 0) is 4.74 Å². The van der Waals surface area contributed by atoms with Gasteiger partial charge in [0.25, 0.3) is 0 Å². The molecule has 0 aromatic heterocycles. The second-order valence-corrected chi connectivity index (χ2v) is 6.99. The summed E-state index contributed by atoms with van der Waals surface area (Å²) in [6.45, 7) is 11.2. The third-order valence-electron chi connectivity index (χ3n) is 4.63. The zero-order valence-electron chi connectivity index (χ0n) is 12.2. The summed E-state index contributed by atoms with van der Waals surface area (Å²) in [5.74, 6) is 0.315. The molecule has 0 aromatic carbocycles. The minimum absolute atomic E-state index is 0.0701. The van der Waals surface area contributed by atoms with Crippen molar-refractivity contribution in [2.45, 2.75) is 27.2 Å². The molecule has 2 heterocycles. The quantitative estimate of drug-likeness (QED) is 0.702. The van der Waals surface area contributed by atoms with Gasteiger partial charge in [0.15, 0.2) is 0 Å². The van der Waals surface area contributed by atoms with Gasteiger partial charge < -0.3 is 20.1 Å². The normalized spacial score (nSPS) is 33.2. The van der Waals surface area contributed by atoms with Gasteiger partial charge in [-0.05, 0) is 17.8 Å². The van der Waals surface area contributed by atoms with Crippen molar-refractivity contribution in [3.05, 3.63) is 0 Å². The second-order valence-electron chi connectivity index (χ2n) is 6.99. The summed E-state index contributed by atoms with van der Waals surface area (Å²) < 4.78 is 5.78. The van der Waals surface area contributed by atoms with Gasteiger partial charge in [-0.1, -0.05) is 20.8 Å². The number of carbonyl (C=O) groups is 1. The number of amides is 1. The van der Waals surface area contributed by atoms with Crippen LogP contribution >= 0.6 is 0 Å². The number of carboxylic acid groups (broad SMARTS) is 1. The van der Waals surface area contributed by atoms with Crippen LogP contribution in [0.2, 0.25) is 0 Å². The van der Waals surface area contributed by atoms with Crippen molar-refractivity contribution in [3.8, 4) is 0 Å². The number of nitrogens with one attached hydrogen (secondary N) is 1. The van der Waals surface area contributed by atoms with E-state index < -0.39 is 6.09 Å². The van der Waals surface area contributed by atoms with Crippen LogP contribution < -0.4 is 5.32 Å². The third-order valence-corrected chi connectivity index (χ3v) is 4.63. The van der Waals surface area contributed by atoms with Crippen molar-refractivity contribution in [1.29, 1.82) is 0 Å². The van der Waals surface area contributed by atoms with Crippen LogP contribution in [0.1, 0.15) is 27.2 Å². The Labute approximate surface area is 115 Å². The average Bonchev–Trinajstić information content (AvgIpc) is 2.54. The van der Waals surface area contributed by atoms with Gasteiger partial charge in [0, 0.05) is 31.6 Å². The first kappa shape index (κ1) is 14.6. The zero-order valence-corrected chi connectivity index (χ0v) is 12.2. The Kier molecular flexibility index (Phi) is 4.06. The molecule has 2 aliphatic heterocycles. The van der Waals surface area contributed by atoms with Gasteiger partial charge in [0.1, 0.15) is 0 Å². The topological polar surface area (TPSA) is 61.8 Å². The van der Waals surface area contributed by atoms with Crippen LogP contribution in [0.4, 0.5) is 4.79 Å². The SMILES string of the molecule is CC(C)(C)C1CN(C(=O)O)CCC12CNCCOC2. The highest BCUT2D eigenvalue weighted by Crippen LogP contribution is 2.46. The van der Waals surface area contributed by atoms with Crippen LogP contribution in [0.3, 0.4) is 0 Å². The van der Waals surface area contributed by atoms with E-state index in [4.69, 9.17) is 4.74 Å². The fraction of sp³-hybridized carbons (Fsp3) is 0.929. The smallest absolute Gasteiger partial charge is 0.407 e. The molecule has 19 heavy (non-hydrogen) atoms. The van der Waals surface area contributed by atoms with Crippen LogP contribution in [-0.4, -0.2) is 55.5 Å². The number of hydrogen-bond donors (Lipinski definition) is 2. The van der Waals surface area contributed by atoms with E-state index in [1.807, 2.05) is 0 Å². The summed E-state index contributed by atoms with van der Waals surface area (Å²) in [6, 6.07) is 0. The van der Waals surface area contributed by atoms with E-state index in [0.29, 0.717) is 19.0 Å². The second kappa shape index (κ2) is 5.29. The third kappa shape index (κ3) is 3.03. The maximum absolute atomic E-state index is 11.2. The summed E-state index contributed by atoms with van der Waals surface area (Å²) in [4.78, 5) is 12.8. The number of nitrogens with zero attached hydrogens (tertiary/aromatic N) is 1. The highest BCUT2D eigenvalue weighted by Gasteiger charge is 2.49. The van der Waals surface area contributed by atoms with Crippen molar-refractivity contribution < 1.29 is 14.6 Å². The molecule has 2 saturated heterocycles. The monoisotopic (exact) mass is 270 g/mol. The highest BCUT2D eigenvalue weighted by atomic mass is 16.5. The molecule has 0 aliphatic carbocycles. The molecule has 2 unspecified atom stereocenters. The first-order chi connectivity index (χ1) is 8.85. The molecule has 2 fully saturated rings. The summed E-state index contributed by atoms with van der Waals surface area (Å²) in [5.41, 5.74) is 0.143. The van der Waals surface area contributed by atoms with Gasteiger partial charge in [0.2, 0.25) is 0 Å². The Morgan fingerprint density at radius 3 is 2.84 bits per heavy atom. The Hall–Kier alpha value is -0.810. The van der Waals surface area contributed by atoms with Gasteiger partial charge in [-0.15, -0.1) is 0 Å². The van der Waals surface area contributed by atoms with Crippen molar-refractivity contribution in [2.75, 3.05) is 39.4 Å². The zero-order chi connectivity index (χ0) is 14.1. The number of ether oxygens (including phenoxy) is 1. The molecule has 1 amide bonds. The maximum atomic E-state index is 11.2.